The molecule has 0 spiro atoms. The minimum absolute atomic E-state index is 0.206. The molecule has 1 saturated carbocycles. The Morgan fingerprint density at radius 2 is 2.00 bits per heavy atom. The van der Waals surface area contributed by atoms with Crippen molar-refractivity contribution in [1.29, 1.82) is 0 Å². The van der Waals surface area contributed by atoms with Crippen molar-refractivity contribution in [3.05, 3.63) is 35.6 Å². The van der Waals surface area contributed by atoms with Gasteiger partial charge >= 0.3 is 0 Å². The first kappa shape index (κ1) is 10.6. The van der Waals surface area contributed by atoms with Gasteiger partial charge in [-0.25, -0.2) is 4.39 Å². The van der Waals surface area contributed by atoms with Gasteiger partial charge in [0.05, 0.1) is 12.1 Å². The molecule has 0 bridgehead atoms. The molecule has 1 heterocycles. The van der Waals surface area contributed by atoms with Gasteiger partial charge in [-0.15, -0.1) is 0 Å². The van der Waals surface area contributed by atoms with E-state index in [-0.39, 0.29) is 11.4 Å². The maximum atomic E-state index is 13.0. The highest BCUT2D eigenvalue weighted by Crippen LogP contribution is 2.41. The number of aliphatic imine (C=N–C) groups is 1. The highest BCUT2D eigenvalue weighted by Gasteiger charge is 2.46. The van der Waals surface area contributed by atoms with E-state index < -0.39 is 0 Å². The summed E-state index contributed by atoms with van der Waals surface area (Å²) in [5.74, 6) is 0.418. The monoisotopic (exact) mass is 233 g/mol. The zero-order chi connectivity index (χ0) is 12.0. The van der Waals surface area contributed by atoms with Crippen LogP contribution in [0.3, 0.4) is 0 Å². The average molecular weight is 233 g/mol. The summed E-state index contributed by atoms with van der Waals surface area (Å²) in [6.45, 7) is 2.78. The largest absolute Gasteiger partial charge is 0.370 e. The smallest absolute Gasteiger partial charge is 0.192 e. The van der Waals surface area contributed by atoms with Gasteiger partial charge in [0.25, 0.3) is 0 Å². The number of halogens is 1. The summed E-state index contributed by atoms with van der Waals surface area (Å²) >= 11 is 0. The minimum atomic E-state index is -0.209. The molecular weight excluding hydrogens is 217 g/mol. The summed E-state index contributed by atoms with van der Waals surface area (Å²) in [5.41, 5.74) is 6.83. The van der Waals surface area contributed by atoms with Crippen LogP contribution in [0.1, 0.15) is 25.3 Å². The molecule has 2 aliphatic rings. The lowest BCUT2D eigenvalue weighted by atomic mass is 9.91. The maximum absolute atomic E-state index is 13.0. The van der Waals surface area contributed by atoms with Crippen molar-refractivity contribution in [1.82, 2.24) is 4.90 Å². The number of hydrogen-bond acceptors (Lipinski definition) is 3. The Balaban J connectivity index is 1.97. The fraction of sp³-hybridized carbons (Fsp3) is 0.462. The number of nitrogens with zero attached hydrogens (tertiary/aromatic N) is 2. The van der Waals surface area contributed by atoms with Crippen LogP contribution >= 0.6 is 0 Å². The van der Waals surface area contributed by atoms with Gasteiger partial charge in [0.2, 0.25) is 0 Å². The van der Waals surface area contributed by atoms with Crippen LogP contribution in [0.5, 0.6) is 0 Å². The fourth-order valence-corrected chi connectivity index (χ4v) is 2.60. The highest BCUT2D eigenvalue weighted by molar-refractivity contribution is 5.82. The fourth-order valence-electron chi connectivity index (χ4n) is 2.60. The molecule has 3 nitrogen and oxygen atoms in total. The molecule has 0 saturated heterocycles. The van der Waals surface area contributed by atoms with Crippen LogP contribution in [0.25, 0.3) is 0 Å². The molecule has 0 amide bonds. The normalized spacial score (nSPS) is 28.4. The molecular formula is C13H16FN3. The first-order chi connectivity index (χ1) is 8.11. The Morgan fingerprint density at radius 3 is 2.59 bits per heavy atom. The van der Waals surface area contributed by atoms with E-state index in [1.807, 2.05) is 12.1 Å². The number of guanidine groups is 1. The van der Waals surface area contributed by atoms with Gasteiger partial charge in [-0.2, -0.15) is 0 Å². The topological polar surface area (TPSA) is 41.6 Å². The van der Waals surface area contributed by atoms with Crippen molar-refractivity contribution in [2.75, 3.05) is 6.54 Å². The molecule has 3 rings (SSSR count). The Hall–Kier alpha value is -1.58. The molecule has 17 heavy (non-hydrogen) atoms. The van der Waals surface area contributed by atoms with Gasteiger partial charge in [-0.05, 0) is 37.5 Å². The molecule has 1 unspecified atom stereocenters. The molecule has 1 atom stereocenters. The van der Waals surface area contributed by atoms with Gasteiger partial charge in [0, 0.05) is 6.04 Å². The zero-order valence-corrected chi connectivity index (χ0v) is 9.86. The summed E-state index contributed by atoms with van der Waals surface area (Å²) < 4.78 is 13.0. The number of benzene rings is 1. The van der Waals surface area contributed by atoms with Crippen molar-refractivity contribution < 1.29 is 4.39 Å². The van der Waals surface area contributed by atoms with Gasteiger partial charge in [-0.3, -0.25) is 4.99 Å². The Kier molecular flexibility index (Phi) is 2.15. The first-order valence-electron chi connectivity index (χ1n) is 5.96. The van der Waals surface area contributed by atoms with Gasteiger partial charge < -0.3 is 10.6 Å². The minimum Gasteiger partial charge on any atom is -0.370 e. The van der Waals surface area contributed by atoms with Crippen molar-refractivity contribution in [2.45, 2.75) is 31.3 Å². The average Bonchev–Trinajstić information content (AvgIpc) is 3.08. The van der Waals surface area contributed by atoms with E-state index in [1.54, 1.807) is 0 Å². The van der Waals surface area contributed by atoms with Crippen LogP contribution < -0.4 is 5.73 Å². The van der Waals surface area contributed by atoms with E-state index in [4.69, 9.17) is 5.73 Å². The van der Waals surface area contributed by atoms with Crippen molar-refractivity contribution in [2.24, 2.45) is 10.7 Å². The molecule has 2 N–H and O–H groups in total. The van der Waals surface area contributed by atoms with Crippen LogP contribution in [0, 0.1) is 5.82 Å². The molecule has 1 aromatic carbocycles. The van der Waals surface area contributed by atoms with Crippen molar-refractivity contribution in [3.8, 4) is 0 Å². The molecule has 90 valence electrons. The molecule has 1 aliphatic heterocycles. The van der Waals surface area contributed by atoms with Crippen molar-refractivity contribution in [3.63, 3.8) is 0 Å². The Bertz CT molecular complexity index is 464. The van der Waals surface area contributed by atoms with E-state index >= 15 is 0 Å². The summed E-state index contributed by atoms with van der Waals surface area (Å²) in [4.78, 5) is 6.55. The molecule has 0 radical (unpaired) electrons. The van der Waals surface area contributed by atoms with Crippen LogP contribution in [0.4, 0.5) is 4.39 Å². The molecule has 1 aliphatic carbocycles. The van der Waals surface area contributed by atoms with Crippen LogP contribution in [-0.4, -0.2) is 23.4 Å². The molecule has 0 aromatic heterocycles. The molecule has 4 heteroatoms. The first-order valence-corrected chi connectivity index (χ1v) is 5.96. The standard InChI is InChI=1S/C13H16FN3/c1-13(9-2-4-10(14)5-3-9)8-16-12(15)17(13)11-6-7-11/h2-5,11H,6-8H2,1H3,(H2,15,16). The third kappa shape index (κ3) is 1.59. The van der Waals surface area contributed by atoms with Gasteiger partial charge in [-0.1, -0.05) is 12.1 Å². The summed E-state index contributed by atoms with van der Waals surface area (Å²) in [5, 5.41) is 0. The second-order valence-electron chi connectivity index (χ2n) is 5.06. The van der Waals surface area contributed by atoms with Gasteiger partial charge in [0.15, 0.2) is 5.96 Å². The summed E-state index contributed by atoms with van der Waals surface area (Å²) in [7, 11) is 0. The lowest BCUT2D eigenvalue weighted by Crippen LogP contribution is -2.48. The number of nitrogens with two attached hydrogens (primary N) is 1. The second-order valence-corrected chi connectivity index (χ2v) is 5.06. The summed E-state index contributed by atoms with van der Waals surface area (Å²) in [6.07, 6.45) is 2.35. The number of rotatable bonds is 2. The third-order valence-electron chi connectivity index (χ3n) is 3.71. The van der Waals surface area contributed by atoms with Gasteiger partial charge in [0.1, 0.15) is 5.82 Å². The summed E-state index contributed by atoms with van der Waals surface area (Å²) in [6, 6.07) is 7.18. The van der Waals surface area contributed by atoms with Crippen LogP contribution in [0.2, 0.25) is 0 Å². The predicted octanol–water partition coefficient (Wildman–Crippen LogP) is 1.83. The molecule has 1 aromatic rings. The van der Waals surface area contributed by atoms with Crippen LogP contribution in [-0.2, 0) is 5.54 Å². The van der Waals surface area contributed by atoms with E-state index in [1.165, 1.54) is 25.0 Å². The highest BCUT2D eigenvalue weighted by atomic mass is 19.1. The van der Waals surface area contributed by atoms with E-state index in [9.17, 15) is 4.39 Å². The third-order valence-corrected chi connectivity index (χ3v) is 3.71. The Morgan fingerprint density at radius 1 is 1.35 bits per heavy atom. The quantitative estimate of drug-likeness (QED) is 0.846. The second kappa shape index (κ2) is 3.45. The van der Waals surface area contributed by atoms with E-state index in [0.29, 0.717) is 18.5 Å². The van der Waals surface area contributed by atoms with E-state index in [2.05, 4.69) is 16.8 Å². The SMILES string of the molecule is CC1(c2ccc(F)cc2)CN=C(N)N1C1CC1. The lowest BCUT2D eigenvalue weighted by molar-refractivity contribution is 0.216. The van der Waals surface area contributed by atoms with Crippen LogP contribution in [0.15, 0.2) is 29.3 Å². The maximum Gasteiger partial charge on any atom is 0.192 e. The predicted molar refractivity (Wildman–Crippen MR) is 65.1 cm³/mol. The van der Waals surface area contributed by atoms with E-state index in [0.717, 1.165) is 5.56 Å². The zero-order valence-electron chi connectivity index (χ0n) is 9.86. The van der Waals surface area contributed by atoms with Crippen molar-refractivity contribution >= 4 is 5.96 Å². The molecule has 1 fully saturated rings. The Labute approximate surface area is 100 Å². The number of hydrogen-bond donors (Lipinski definition) is 1. The lowest BCUT2D eigenvalue weighted by Gasteiger charge is -2.37.